The highest BCUT2D eigenvalue weighted by Gasteiger charge is 2.35. The zero-order chi connectivity index (χ0) is 30.7. The number of halogens is 2. The van der Waals surface area contributed by atoms with Gasteiger partial charge in [-0.15, -0.1) is 0 Å². The van der Waals surface area contributed by atoms with Gasteiger partial charge >= 0.3 is 0 Å². The number of aliphatic hydroxyl groups excluding tert-OH is 1. The van der Waals surface area contributed by atoms with Crippen LogP contribution in [0, 0.1) is 5.82 Å². The number of benzene rings is 2. The highest BCUT2D eigenvalue weighted by molar-refractivity contribution is 6.33. The lowest BCUT2D eigenvalue weighted by Crippen LogP contribution is -2.46. The van der Waals surface area contributed by atoms with Crippen LogP contribution in [-0.4, -0.2) is 63.6 Å². The number of rotatable bonds is 10. The summed E-state index contributed by atoms with van der Waals surface area (Å²) in [7, 11) is 2.91. The molecule has 0 saturated carbocycles. The van der Waals surface area contributed by atoms with Gasteiger partial charge in [-0.1, -0.05) is 23.7 Å². The van der Waals surface area contributed by atoms with Gasteiger partial charge in [0.25, 0.3) is 5.91 Å². The van der Waals surface area contributed by atoms with Crippen molar-refractivity contribution >= 4 is 35.1 Å². The smallest absolute Gasteiger partial charge is 0.255 e. The Balaban J connectivity index is 1.33. The topological polar surface area (TPSA) is 139 Å². The van der Waals surface area contributed by atoms with Crippen molar-refractivity contribution in [1.29, 1.82) is 0 Å². The minimum atomic E-state index is -0.901. The number of ether oxygens (including phenoxy) is 2. The third-order valence-electron chi connectivity index (χ3n) is 7.04. The van der Waals surface area contributed by atoms with Gasteiger partial charge in [-0.05, 0) is 42.3 Å². The third kappa shape index (κ3) is 6.35. The van der Waals surface area contributed by atoms with E-state index in [4.69, 9.17) is 21.1 Å². The monoisotopic (exact) mass is 606 g/mol. The SMILES string of the molecule is COc1cc(F)cc([C@@H](CO)NC(=O)[C@@H](C)N2Cc3ccc(-c4nc(Nc5ccnc(OC)c5)ncc4Cl)cc3C2=O)c1. The summed E-state index contributed by atoms with van der Waals surface area (Å²) in [6.07, 6.45) is 3.05. The van der Waals surface area contributed by atoms with Crippen molar-refractivity contribution in [2.75, 3.05) is 26.1 Å². The van der Waals surface area contributed by atoms with Crippen molar-refractivity contribution in [2.45, 2.75) is 25.6 Å². The van der Waals surface area contributed by atoms with Crippen LogP contribution in [-0.2, 0) is 11.3 Å². The van der Waals surface area contributed by atoms with Crippen LogP contribution in [0.4, 0.5) is 16.0 Å². The maximum Gasteiger partial charge on any atom is 0.255 e. The summed E-state index contributed by atoms with van der Waals surface area (Å²) in [5.74, 6) is -0.474. The fourth-order valence-electron chi connectivity index (χ4n) is 4.71. The summed E-state index contributed by atoms with van der Waals surface area (Å²) in [6.45, 7) is 1.32. The predicted octanol–water partition coefficient (Wildman–Crippen LogP) is 4.29. The second-order valence-electron chi connectivity index (χ2n) is 9.75. The van der Waals surface area contributed by atoms with Crippen LogP contribution in [0.25, 0.3) is 11.3 Å². The van der Waals surface area contributed by atoms with Gasteiger partial charge in [-0.2, -0.15) is 0 Å². The molecule has 13 heteroatoms. The molecule has 4 aromatic rings. The lowest BCUT2D eigenvalue weighted by atomic mass is 10.0. The Morgan fingerprint density at radius 3 is 2.70 bits per heavy atom. The number of fused-ring (bicyclic) bond motifs is 1. The minimum absolute atomic E-state index is 0.203. The van der Waals surface area contributed by atoms with E-state index in [1.807, 2.05) is 0 Å². The van der Waals surface area contributed by atoms with Gasteiger partial charge in [0.2, 0.25) is 17.7 Å². The van der Waals surface area contributed by atoms with Crippen LogP contribution in [0.2, 0.25) is 5.02 Å². The number of amides is 2. The van der Waals surface area contributed by atoms with Crippen LogP contribution >= 0.6 is 11.6 Å². The van der Waals surface area contributed by atoms with Crippen molar-refractivity contribution in [3.63, 3.8) is 0 Å². The number of aliphatic hydroxyl groups is 1. The molecule has 1 aliphatic rings. The van der Waals surface area contributed by atoms with E-state index in [0.717, 1.165) is 5.56 Å². The quantitative estimate of drug-likeness (QED) is 0.241. The molecule has 5 rings (SSSR count). The van der Waals surface area contributed by atoms with Crippen molar-refractivity contribution in [3.05, 3.63) is 88.5 Å². The molecular weight excluding hydrogens is 579 g/mol. The number of methoxy groups -OCH3 is 2. The first-order valence-corrected chi connectivity index (χ1v) is 13.6. The second kappa shape index (κ2) is 12.6. The number of carbonyl (C=O) groups is 2. The predicted molar refractivity (Wildman–Crippen MR) is 157 cm³/mol. The summed E-state index contributed by atoms with van der Waals surface area (Å²) in [6, 6.07) is 10.8. The van der Waals surface area contributed by atoms with E-state index in [1.54, 1.807) is 43.5 Å². The van der Waals surface area contributed by atoms with E-state index in [2.05, 4.69) is 25.6 Å². The van der Waals surface area contributed by atoms with Gasteiger partial charge in [-0.3, -0.25) is 9.59 Å². The van der Waals surface area contributed by atoms with Crippen molar-refractivity contribution < 1.29 is 28.6 Å². The van der Waals surface area contributed by atoms with Gasteiger partial charge in [-0.25, -0.2) is 19.3 Å². The Hall–Kier alpha value is -4.81. The number of pyridine rings is 1. The maximum atomic E-state index is 14.0. The fraction of sp³-hybridized carbons (Fsp3) is 0.233. The number of hydrogen-bond donors (Lipinski definition) is 3. The lowest BCUT2D eigenvalue weighted by Gasteiger charge is -2.26. The normalized spacial score (nSPS) is 13.7. The summed E-state index contributed by atoms with van der Waals surface area (Å²) in [4.78, 5) is 40.9. The number of nitrogens with zero attached hydrogens (tertiary/aromatic N) is 4. The molecule has 0 unspecified atom stereocenters. The average Bonchev–Trinajstić information content (AvgIpc) is 3.35. The van der Waals surface area contributed by atoms with Crippen molar-refractivity contribution in [3.8, 4) is 22.9 Å². The standard InChI is InChI=1S/C30H28ClFN6O5/c1-16(28(40)36-25(15-39)19-8-20(32)11-22(9-19)42-2)38-14-18-5-4-17(10-23(18)29(38)41)27-24(31)13-34-30(37-27)35-21-6-7-33-26(12-21)43-3/h4-13,16,25,39H,14-15H2,1-3H3,(H,36,40)(H,33,34,35,37)/t16-,25-/m1/s1. The van der Waals surface area contributed by atoms with E-state index < -0.39 is 30.4 Å². The minimum Gasteiger partial charge on any atom is -0.497 e. The summed E-state index contributed by atoms with van der Waals surface area (Å²) in [5.41, 5.74) is 3.14. The average molecular weight is 607 g/mol. The molecule has 222 valence electrons. The Labute approximate surface area is 251 Å². The maximum absolute atomic E-state index is 14.0. The highest BCUT2D eigenvalue weighted by Crippen LogP contribution is 2.33. The number of hydrogen-bond acceptors (Lipinski definition) is 9. The molecule has 2 amide bonds. The molecule has 0 saturated heterocycles. The molecule has 3 N–H and O–H groups in total. The van der Waals surface area contributed by atoms with Crippen molar-refractivity contribution in [1.82, 2.24) is 25.2 Å². The van der Waals surface area contributed by atoms with E-state index in [1.165, 1.54) is 43.5 Å². The molecule has 2 atom stereocenters. The van der Waals surface area contributed by atoms with Crippen LogP contribution in [0.15, 0.2) is 60.9 Å². The highest BCUT2D eigenvalue weighted by atomic mass is 35.5. The molecule has 2 aromatic heterocycles. The lowest BCUT2D eigenvalue weighted by molar-refractivity contribution is -0.126. The van der Waals surface area contributed by atoms with E-state index in [0.29, 0.717) is 34.0 Å². The van der Waals surface area contributed by atoms with Gasteiger partial charge in [0, 0.05) is 41.7 Å². The van der Waals surface area contributed by atoms with Gasteiger partial charge in [0.05, 0.1) is 43.8 Å². The molecule has 43 heavy (non-hydrogen) atoms. The molecule has 0 fully saturated rings. The van der Waals surface area contributed by atoms with Gasteiger partial charge < -0.3 is 30.1 Å². The van der Waals surface area contributed by atoms with E-state index in [-0.39, 0.29) is 29.2 Å². The molecule has 0 aliphatic carbocycles. The molecule has 11 nitrogen and oxygen atoms in total. The van der Waals surface area contributed by atoms with Gasteiger partial charge in [0.15, 0.2) is 0 Å². The number of aromatic nitrogens is 3. The van der Waals surface area contributed by atoms with Crippen LogP contribution in [0.1, 0.15) is 34.5 Å². The Kier molecular flexibility index (Phi) is 8.69. The number of carbonyl (C=O) groups excluding carboxylic acids is 2. The molecule has 2 aromatic carbocycles. The molecule has 1 aliphatic heterocycles. The van der Waals surface area contributed by atoms with E-state index >= 15 is 0 Å². The van der Waals surface area contributed by atoms with Gasteiger partial charge in [0.1, 0.15) is 17.6 Å². The summed E-state index contributed by atoms with van der Waals surface area (Å²) < 4.78 is 24.3. The molecular formula is C30H28ClFN6O5. The zero-order valence-corrected chi connectivity index (χ0v) is 24.2. The Morgan fingerprint density at radius 2 is 1.95 bits per heavy atom. The van der Waals surface area contributed by atoms with Crippen molar-refractivity contribution in [2.24, 2.45) is 0 Å². The summed E-state index contributed by atoms with van der Waals surface area (Å²) >= 11 is 6.45. The fourth-order valence-corrected chi connectivity index (χ4v) is 4.91. The van der Waals surface area contributed by atoms with E-state index in [9.17, 15) is 19.1 Å². The Bertz CT molecular complexity index is 1690. The molecule has 0 radical (unpaired) electrons. The number of nitrogens with one attached hydrogen (secondary N) is 2. The Morgan fingerprint density at radius 1 is 1.14 bits per heavy atom. The largest absolute Gasteiger partial charge is 0.497 e. The summed E-state index contributed by atoms with van der Waals surface area (Å²) in [5, 5.41) is 16.0. The van der Waals surface area contributed by atoms with Crippen LogP contribution in [0.5, 0.6) is 11.6 Å². The second-order valence-corrected chi connectivity index (χ2v) is 10.2. The first-order valence-electron chi connectivity index (χ1n) is 13.2. The first kappa shape index (κ1) is 29.7. The molecule has 0 spiro atoms. The number of anilines is 2. The van der Waals surface area contributed by atoms with Crippen LogP contribution < -0.4 is 20.1 Å². The zero-order valence-electron chi connectivity index (χ0n) is 23.5. The third-order valence-corrected chi connectivity index (χ3v) is 7.31. The molecule has 3 heterocycles. The van der Waals surface area contributed by atoms with Crippen LogP contribution in [0.3, 0.4) is 0 Å². The molecule has 0 bridgehead atoms. The first-order chi connectivity index (χ1) is 20.7.